The largest absolute Gasteiger partial charge is 0.339 e. The van der Waals surface area contributed by atoms with Gasteiger partial charge in [-0.05, 0) is 31.5 Å². The van der Waals surface area contributed by atoms with Crippen LogP contribution in [0.1, 0.15) is 13.3 Å². The van der Waals surface area contributed by atoms with E-state index in [0.29, 0.717) is 24.0 Å². The molecule has 1 atom stereocenters. The highest BCUT2D eigenvalue weighted by molar-refractivity contribution is 9.10. The fourth-order valence-corrected chi connectivity index (χ4v) is 5.60. The van der Waals surface area contributed by atoms with Crippen LogP contribution in [0.4, 0.5) is 0 Å². The standard InChI is InChI=1S/C15H17BrCl2N2O3S/c1-14(10-15(14,17)18)13(21)19-5-7-20(8-6-19)24(22,23)12-4-2-3-11(16)9-12/h2-4,9H,5-8,10H2,1H3/t14-/m0/s1. The van der Waals surface area contributed by atoms with Gasteiger partial charge in [0.2, 0.25) is 15.9 Å². The summed E-state index contributed by atoms with van der Waals surface area (Å²) in [6, 6.07) is 6.60. The molecule has 1 aliphatic heterocycles. The first kappa shape index (κ1) is 18.5. The zero-order valence-electron chi connectivity index (χ0n) is 13.0. The number of piperazine rings is 1. The van der Waals surface area contributed by atoms with Crippen molar-refractivity contribution in [2.45, 2.75) is 22.6 Å². The molecule has 2 aliphatic rings. The molecule has 1 amide bonds. The van der Waals surface area contributed by atoms with E-state index < -0.39 is 19.8 Å². The third kappa shape index (κ3) is 3.09. The second-order valence-corrected chi connectivity index (χ2v) is 10.7. The average Bonchev–Trinajstić information content (AvgIpc) is 3.06. The predicted molar refractivity (Wildman–Crippen MR) is 96.6 cm³/mol. The van der Waals surface area contributed by atoms with E-state index in [4.69, 9.17) is 23.2 Å². The third-order valence-electron chi connectivity index (χ3n) is 4.69. The van der Waals surface area contributed by atoms with Gasteiger partial charge in [-0.3, -0.25) is 4.79 Å². The molecule has 0 bridgehead atoms. The molecule has 0 unspecified atom stereocenters. The van der Waals surface area contributed by atoms with Crippen LogP contribution in [-0.4, -0.2) is 54.0 Å². The second kappa shape index (κ2) is 6.13. The summed E-state index contributed by atoms with van der Waals surface area (Å²) in [7, 11) is -3.56. The maximum absolute atomic E-state index is 12.7. The van der Waals surface area contributed by atoms with E-state index in [0.717, 1.165) is 0 Å². The van der Waals surface area contributed by atoms with E-state index in [1.807, 2.05) is 0 Å². The van der Waals surface area contributed by atoms with Gasteiger partial charge in [-0.2, -0.15) is 4.31 Å². The van der Waals surface area contributed by atoms with Crippen molar-refractivity contribution in [1.29, 1.82) is 0 Å². The van der Waals surface area contributed by atoms with Crippen molar-refractivity contribution in [3.63, 3.8) is 0 Å². The number of amides is 1. The highest BCUT2D eigenvalue weighted by Gasteiger charge is 2.68. The smallest absolute Gasteiger partial charge is 0.243 e. The first-order chi connectivity index (χ1) is 11.1. The van der Waals surface area contributed by atoms with Crippen molar-refractivity contribution in [3.05, 3.63) is 28.7 Å². The number of halogens is 3. The number of carbonyl (C=O) groups excluding carboxylic acids is 1. The molecular weight excluding hydrogens is 439 g/mol. The summed E-state index contributed by atoms with van der Waals surface area (Å²) in [5.41, 5.74) is -0.762. The summed E-state index contributed by atoms with van der Waals surface area (Å²) in [4.78, 5) is 14.4. The monoisotopic (exact) mass is 454 g/mol. The Morgan fingerprint density at radius 2 is 1.79 bits per heavy atom. The minimum absolute atomic E-state index is 0.105. The van der Waals surface area contributed by atoms with Gasteiger partial charge in [0, 0.05) is 30.7 Å². The topological polar surface area (TPSA) is 57.7 Å². The van der Waals surface area contributed by atoms with Crippen molar-refractivity contribution in [3.8, 4) is 0 Å². The zero-order valence-corrected chi connectivity index (χ0v) is 16.9. The van der Waals surface area contributed by atoms with Gasteiger partial charge >= 0.3 is 0 Å². The van der Waals surface area contributed by atoms with Gasteiger partial charge in [-0.25, -0.2) is 8.42 Å². The Kier molecular flexibility index (Phi) is 4.71. The van der Waals surface area contributed by atoms with Crippen LogP contribution in [-0.2, 0) is 14.8 Å². The molecule has 3 rings (SSSR count). The molecule has 5 nitrogen and oxygen atoms in total. The van der Waals surface area contributed by atoms with Crippen LogP contribution in [0.25, 0.3) is 0 Å². The Morgan fingerprint density at radius 1 is 1.21 bits per heavy atom. The van der Waals surface area contributed by atoms with Gasteiger partial charge < -0.3 is 4.90 Å². The lowest BCUT2D eigenvalue weighted by Gasteiger charge is -2.35. The van der Waals surface area contributed by atoms with Crippen LogP contribution in [0.15, 0.2) is 33.6 Å². The van der Waals surface area contributed by atoms with Gasteiger partial charge in [0.05, 0.1) is 10.3 Å². The first-order valence-corrected chi connectivity index (χ1v) is 10.5. The zero-order chi connectivity index (χ0) is 17.8. The SMILES string of the molecule is C[C@@]1(C(=O)N2CCN(S(=O)(=O)c3cccc(Br)c3)CC2)CC1(Cl)Cl. The summed E-state index contributed by atoms with van der Waals surface area (Å²) < 4.78 is 26.5. The Labute approximate surface area is 160 Å². The van der Waals surface area contributed by atoms with Crippen molar-refractivity contribution in [2.75, 3.05) is 26.2 Å². The fourth-order valence-electron chi connectivity index (χ4n) is 2.89. The van der Waals surface area contributed by atoms with Gasteiger partial charge in [-0.15, -0.1) is 23.2 Å². The Bertz CT molecular complexity index is 779. The highest BCUT2D eigenvalue weighted by Crippen LogP contribution is 2.64. The number of rotatable bonds is 3. The third-order valence-corrected chi connectivity index (χ3v) is 8.18. The molecule has 1 saturated carbocycles. The molecule has 24 heavy (non-hydrogen) atoms. The van der Waals surface area contributed by atoms with Crippen LogP contribution < -0.4 is 0 Å². The molecule has 0 spiro atoms. The maximum atomic E-state index is 12.7. The first-order valence-electron chi connectivity index (χ1n) is 7.51. The van der Waals surface area contributed by atoms with E-state index >= 15 is 0 Å². The number of alkyl halides is 2. The van der Waals surface area contributed by atoms with Crippen molar-refractivity contribution in [2.24, 2.45) is 5.41 Å². The second-order valence-electron chi connectivity index (χ2n) is 6.37. The summed E-state index contributed by atoms with van der Waals surface area (Å²) in [5, 5.41) is 0. The molecule has 1 aromatic carbocycles. The summed E-state index contributed by atoms with van der Waals surface area (Å²) in [6.07, 6.45) is 0.429. The molecule has 0 aromatic heterocycles. The molecule has 9 heteroatoms. The minimum Gasteiger partial charge on any atom is -0.339 e. The fraction of sp³-hybridized carbons (Fsp3) is 0.533. The molecular formula is C15H17BrCl2N2O3S. The molecule has 0 radical (unpaired) electrons. The van der Waals surface area contributed by atoms with Gasteiger partial charge in [0.25, 0.3) is 0 Å². The Morgan fingerprint density at radius 3 is 2.29 bits per heavy atom. The van der Waals surface area contributed by atoms with Crippen molar-refractivity contribution >= 4 is 55.1 Å². The number of benzene rings is 1. The van der Waals surface area contributed by atoms with Crippen LogP contribution >= 0.6 is 39.1 Å². The average molecular weight is 456 g/mol. The minimum atomic E-state index is -3.56. The lowest BCUT2D eigenvalue weighted by molar-refractivity contribution is -0.137. The van der Waals surface area contributed by atoms with E-state index in [9.17, 15) is 13.2 Å². The van der Waals surface area contributed by atoms with Crippen LogP contribution in [0.3, 0.4) is 0 Å². The molecule has 1 saturated heterocycles. The maximum Gasteiger partial charge on any atom is 0.243 e. The predicted octanol–water partition coefficient (Wildman–Crippen LogP) is 2.87. The number of carbonyl (C=O) groups is 1. The molecule has 2 fully saturated rings. The van der Waals surface area contributed by atoms with Gasteiger partial charge in [-0.1, -0.05) is 22.0 Å². The molecule has 1 aromatic rings. The number of hydrogen-bond donors (Lipinski definition) is 0. The number of hydrogen-bond acceptors (Lipinski definition) is 3. The van der Waals surface area contributed by atoms with Crippen molar-refractivity contribution < 1.29 is 13.2 Å². The van der Waals surface area contributed by atoms with Gasteiger partial charge in [0.1, 0.15) is 4.33 Å². The Balaban J connectivity index is 1.68. The quantitative estimate of drug-likeness (QED) is 0.658. The normalized spacial score (nSPS) is 27.1. The summed E-state index contributed by atoms with van der Waals surface area (Å²) in [6.45, 7) is 2.94. The number of nitrogens with zero attached hydrogens (tertiary/aromatic N) is 2. The van der Waals surface area contributed by atoms with Gasteiger partial charge in [0.15, 0.2) is 0 Å². The van der Waals surface area contributed by atoms with E-state index in [1.54, 1.807) is 36.1 Å². The van der Waals surface area contributed by atoms with E-state index in [2.05, 4.69) is 15.9 Å². The summed E-state index contributed by atoms with van der Waals surface area (Å²) >= 11 is 15.4. The van der Waals surface area contributed by atoms with Crippen LogP contribution in [0, 0.1) is 5.41 Å². The molecule has 1 heterocycles. The molecule has 0 N–H and O–H groups in total. The van der Waals surface area contributed by atoms with E-state index in [-0.39, 0.29) is 23.9 Å². The lowest BCUT2D eigenvalue weighted by Crippen LogP contribution is -2.52. The van der Waals surface area contributed by atoms with Crippen LogP contribution in [0.2, 0.25) is 0 Å². The highest BCUT2D eigenvalue weighted by atomic mass is 79.9. The van der Waals surface area contributed by atoms with Crippen molar-refractivity contribution in [1.82, 2.24) is 9.21 Å². The molecule has 132 valence electrons. The summed E-state index contributed by atoms with van der Waals surface area (Å²) in [5.74, 6) is -0.105. The Hall–Kier alpha value is -0.340. The van der Waals surface area contributed by atoms with Crippen LogP contribution in [0.5, 0.6) is 0 Å². The number of sulfonamides is 1. The lowest BCUT2D eigenvalue weighted by atomic mass is 10.1. The molecule has 1 aliphatic carbocycles. The van der Waals surface area contributed by atoms with E-state index in [1.165, 1.54) is 4.31 Å².